The maximum Gasteiger partial charge on any atom is 0.0462 e. The van der Waals surface area contributed by atoms with E-state index < -0.39 is 0 Å². The first-order valence-corrected chi connectivity index (χ1v) is 10.1. The van der Waals surface area contributed by atoms with E-state index in [1.807, 2.05) is 11.3 Å². The molecule has 2 aromatic heterocycles. The van der Waals surface area contributed by atoms with Gasteiger partial charge in [-0.05, 0) is 59.5 Å². The largest absolute Gasteiger partial charge is 0.355 e. The summed E-state index contributed by atoms with van der Waals surface area (Å²) >= 11 is 1.87. The summed E-state index contributed by atoms with van der Waals surface area (Å²) in [6.07, 6.45) is 9.60. The molecule has 0 fully saturated rings. The topological polar surface area (TPSA) is 15.8 Å². The second kappa shape index (κ2) is 5.70. The van der Waals surface area contributed by atoms with E-state index in [0.717, 1.165) is 6.42 Å². The molecule has 0 spiro atoms. The molecule has 0 bridgehead atoms. The Kier molecular flexibility index (Phi) is 3.17. The molecule has 0 saturated heterocycles. The van der Waals surface area contributed by atoms with Crippen molar-refractivity contribution in [1.82, 2.24) is 4.98 Å². The average molecular weight is 363 g/mol. The number of thiophene rings is 1. The van der Waals surface area contributed by atoms with E-state index in [0.29, 0.717) is 0 Å². The minimum absolute atomic E-state index is 0.972. The molecule has 6 rings (SSSR count). The maximum atomic E-state index is 3.56. The second-order valence-electron chi connectivity index (χ2n) is 7.08. The number of benzene rings is 3. The summed E-state index contributed by atoms with van der Waals surface area (Å²) in [5, 5.41) is 4.03. The Morgan fingerprint density at radius 3 is 2.52 bits per heavy atom. The Hall–Kier alpha value is -3.10. The van der Waals surface area contributed by atoms with Crippen LogP contribution in [0.5, 0.6) is 0 Å². The third-order valence-corrected chi connectivity index (χ3v) is 6.63. The Morgan fingerprint density at radius 1 is 0.741 bits per heavy atom. The summed E-state index contributed by atoms with van der Waals surface area (Å²) < 4.78 is 2.71. The van der Waals surface area contributed by atoms with E-state index in [4.69, 9.17) is 0 Å². The maximum absolute atomic E-state index is 3.56. The van der Waals surface area contributed by atoms with Gasteiger partial charge in [0.25, 0.3) is 0 Å². The zero-order valence-corrected chi connectivity index (χ0v) is 15.5. The predicted molar refractivity (Wildman–Crippen MR) is 119 cm³/mol. The molecule has 0 aliphatic heterocycles. The van der Waals surface area contributed by atoms with Gasteiger partial charge in [-0.15, -0.1) is 11.3 Å². The van der Waals surface area contributed by atoms with E-state index in [2.05, 4.69) is 90.0 Å². The number of aromatic amines is 1. The van der Waals surface area contributed by atoms with Gasteiger partial charge in [0, 0.05) is 36.8 Å². The molecule has 5 aromatic rings. The van der Waals surface area contributed by atoms with Gasteiger partial charge in [0.1, 0.15) is 0 Å². The lowest BCUT2D eigenvalue weighted by molar-refractivity contribution is 1.27. The Bertz CT molecular complexity index is 1390. The molecular weight excluding hydrogens is 346 g/mol. The zero-order valence-electron chi connectivity index (χ0n) is 14.7. The van der Waals surface area contributed by atoms with Gasteiger partial charge in [-0.3, -0.25) is 0 Å². The number of H-pyrrole nitrogens is 1. The van der Waals surface area contributed by atoms with Gasteiger partial charge in [-0.2, -0.15) is 0 Å². The van der Waals surface area contributed by atoms with Crippen LogP contribution in [0, 0.1) is 0 Å². The minimum atomic E-state index is 0.972. The molecule has 0 amide bonds. The van der Waals surface area contributed by atoms with Gasteiger partial charge in [-0.1, -0.05) is 48.6 Å². The van der Waals surface area contributed by atoms with Crippen LogP contribution in [0.2, 0.25) is 0 Å². The SMILES string of the molecule is C1=CCc2c([nH]c3ccc(-c4ccc5sc6ccccc6c5c4)cc23)C=C1. The fourth-order valence-corrected chi connectivity index (χ4v) is 5.22. The normalized spacial score (nSPS) is 13.5. The van der Waals surface area contributed by atoms with Crippen LogP contribution in [0.1, 0.15) is 11.3 Å². The number of aromatic nitrogens is 1. The molecule has 0 radical (unpaired) electrons. The summed E-state index contributed by atoms with van der Waals surface area (Å²) in [4.78, 5) is 3.56. The van der Waals surface area contributed by atoms with Crippen LogP contribution in [-0.4, -0.2) is 4.98 Å². The van der Waals surface area contributed by atoms with Gasteiger partial charge in [0.05, 0.1) is 0 Å². The van der Waals surface area contributed by atoms with Crippen molar-refractivity contribution in [3.05, 3.63) is 90.1 Å². The highest BCUT2D eigenvalue weighted by Gasteiger charge is 2.12. The summed E-state index contributed by atoms with van der Waals surface area (Å²) in [5.41, 5.74) is 6.39. The third kappa shape index (κ3) is 2.30. The lowest BCUT2D eigenvalue weighted by atomic mass is 9.99. The molecule has 0 unspecified atom stereocenters. The van der Waals surface area contributed by atoms with Gasteiger partial charge < -0.3 is 4.98 Å². The van der Waals surface area contributed by atoms with Crippen molar-refractivity contribution in [2.24, 2.45) is 0 Å². The molecule has 1 aliphatic carbocycles. The molecule has 3 aromatic carbocycles. The molecule has 1 aliphatic rings. The van der Waals surface area contributed by atoms with E-state index >= 15 is 0 Å². The van der Waals surface area contributed by atoms with Crippen LogP contribution in [-0.2, 0) is 6.42 Å². The van der Waals surface area contributed by atoms with Crippen LogP contribution in [0.15, 0.2) is 78.9 Å². The van der Waals surface area contributed by atoms with Gasteiger partial charge in [-0.25, -0.2) is 0 Å². The Balaban J connectivity index is 1.56. The van der Waals surface area contributed by atoms with Crippen LogP contribution in [0.3, 0.4) is 0 Å². The van der Waals surface area contributed by atoms with Crippen LogP contribution >= 0.6 is 11.3 Å². The van der Waals surface area contributed by atoms with Crippen LogP contribution in [0.4, 0.5) is 0 Å². The number of rotatable bonds is 1. The van der Waals surface area contributed by atoms with Crippen molar-refractivity contribution >= 4 is 48.5 Å². The Labute approximate surface area is 161 Å². The van der Waals surface area contributed by atoms with Crippen LogP contribution < -0.4 is 0 Å². The number of fused-ring (bicyclic) bond motifs is 6. The number of nitrogens with one attached hydrogen (secondary N) is 1. The third-order valence-electron chi connectivity index (χ3n) is 5.48. The lowest BCUT2D eigenvalue weighted by Gasteiger charge is -2.04. The molecular formula is C25H17NS. The molecule has 27 heavy (non-hydrogen) atoms. The molecule has 2 heterocycles. The summed E-state index contributed by atoms with van der Waals surface area (Å²) in [5.74, 6) is 0. The van der Waals surface area contributed by atoms with E-state index in [1.165, 1.54) is 53.5 Å². The highest BCUT2D eigenvalue weighted by Crippen LogP contribution is 2.37. The van der Waals surface area contributed by atoms with Crippen molar-refractivity contribution < 1.29 is 0 Å². The van der Waals surface area contributed by atoms with Crippen molar-refractivity contribution in [3.63, 3.8) is 0 Å². The fourth-order valence-electron chi connectivity index (χ4n) is 4.13. The first kappa shape index (κ1) is 15.0. The fraction of sp³-hybridized carbons (Fsp3) is 0.0400. The quantitative estimate of drug-likeness (QED) is 0.321. The van der Waals surface area contributed by atoms with Crippen molar-refractivity contribution in [2.75, 3.05) is 0 Å². The zero-order chi connectivity index (χ0) is 17.8. The number of hydrogen-bond acceptors (Lipinski definition) is 1. The lowest BCUT2D eigenvalue weighted by Crippen LogP contribution is -1.82. The summed E-state index contributed by atoms with van der Waals surface area (Å²) in [7, 11) is 0. The number of hydrogen-bond donors (Lipinski definition) is 1. The van der Waals surface area contributed by atoms with E-state index in [-0.39, 0.29) is 0 Å². The monoisotopic (exact) mass is 363 g/mol. The van der Waals surface area contributed by atoms with Gasteiger partial charge in [0.2, 0.25) is 0 Å². The molecule has 2 heteroatoms. The number of allylic oxidation sites excluding steroid dienone is 3. The summed E-state index contributed by atoms with van der Waals surface area (Å²) in [6.45, 7) is 0. The first-order chi connectivity index (χ1) is 13.4. The van der Waals surface area contributed by atoms with E-state index in [1.54, 1.807) is 0 Å². The molecule has 0 saturated carbocycles. The van der Waals surface area contributed by atoms with Crippen molar-refractivity contribution in [3.8, 4) is 11.1 Å². The van der Waals surface area contributed by atoms with E-state index in [9.17, 15) is 0 Å². The van der Waals surface area contributed by atoms with Gasteiger partial charge in [0.15, 0.2) is 0 Å². The summed E-state index contributed by atoms with van der Waals surface area (Å²) in [6, 6.07) is 22.3. The predicted octanol–water partition coefficient (Wildman–Crippen LogP) is 7.33. The first-order valence-electron chi connectivity index (χ1n) is 9.26. The minimum Gasteiger partial charge on any atom is -0.355 e. The van der Waals surface area contributed by atoms with Gasteiger partial charge >= 0.3 is 0 Å². The molecule has 128 valence electrons. The smallest absolute Gasteiger partial charge is 0.0462 e. The average Bonchev–Trinajstić information content (AvgIpc) is 3.16. The Morgan fingerprint density at radius 2 is 1.56 bits per heavy atom. The van der Waals surface area contributed by atoms with Crippen molar-refractivity contribution in [1.29, 1.82) is 0 Å². The highest BCUT2D eigenvalue weighted by atomic mass is 32.1. The molecule has 0 atom stereocenters. The highest BCUT2D eigenvalue weighted by molar-refractivity contribution is 7.25. The molecule has 1 nitrogen and oxygen atoms in total. The van der Waals surface area contributed by atoms with Crippen LogP contribution in [0.25, 0.3) is 48.3 Å². The van der Waals surface area contributed by atoms with Crippen molar-refractivity contribution in [2.45, 2.75) is 6.42 Å². The molecule has 1 N–H and O–H groups in total. The second-order valence-corrected chi connectivity index (χ2v) is 8.16. The standard InChI is InChI=1S/C25H17NS/c1-2-6-18-20-14-16(10-12-23(20)26-22(18)8-3-1)17-11-13-25-21(15-17)19-7-4-5-9-24(19)27-25/h1-5,7-15,26H,6H2.